The molecule has 4 nitrogen and oxygen atoms in total. The van der Waals surface area contributed by atoms with Crippen molar-refractivity contribution in [2.24, 2.45) is 5.73 Å². The monoisotopic (exact) mass is 293 g/mol. The van der Waals surface area contributed by atoms with E-state index >= 15 is 0 Å². The summed E-state index contributed by atoms with van der Waals surface area (Å²) in [7, 11) is 0. The largest absolute Gasteiger partial charge is 0.350 e. The van der Waals surface area contributed by atoms with E-state index in [9.17, 15) is 4.79 Å². The number of carbonyl (C=O) groups is 1. The fraction of sp³-hybridized carbons (Fsp3) is 0.500. The van der Waals surface area contributed by atoms with Gasteiger partial charge in [-0.05, 0) is 32.4 Å². The van der Waals surface area contributed by atoms with Crippen LogP contribution in [-0.2, 0) is 11.2 Å². The number of carbonyl (C=O) groups excluding carboxylic acids is 1. The van der Waals surface area contributed by atoms with Gasteiger partial charge in [0, 0.05) is 24.0 Å². The Kier molecular flexibility index (Phi) is 8.99. The smallest absolute Gasteiger partial charge is 0.224 e. The number of hydrogen-bond donors (Lipinski definition) is 2. The van der Waals surface area contributed by atoms with Crippen LogP contribution in [0.2, 0.25) is 0 Å². The van der Waals surface area contributed by atoms with Gasteiger partial charge in [0.25, 0.3) is 0 Å². The van der Waals surface area contributed by atoms with Gasteiger partial charge in [-0.15, -0.1) is 24.8 Å². The molecule has 0 aliphatic rings. The highest BCUT2D eigenvalue weighted by Crippen LogP contribution is 2.03. The molecule has 0 radical (unpaired) electrons. The topological polar surface area (TPSA) is 68.0 Å². The SMILES string of the molecule is Cc1ccc(CC(=O)NC(C)(C)CN)cn1.Cl.Cl. The highest BCUT2D eigenvalue weighted by molar-refractivity contribution is 5.85. The lowest BCUT2D eigenvalue weighted by atomic mass is 10.1. The molecule has 1 amide bonds. The van der Waals surface area contributed by atoms with Crippen molar-refractivity contribution in [3.63, 3.8) is 0 Å². The van der Waals surface area contributed by atoms with Crippen LogP contribution in [-0.4, -0.2) is 23.0 Å². The van der Waals surface area contributed by atoms with Crippen molar-refractivity contribution in [3.8, 4) is 0 Å². The highest BCUT2D eigenvalue weighted by Gasteiger charge is 2.18. The van der Waals surface area contributed by atoms with Gasteiger partial charge in [-0.1, -0.05) is 6.07 Å². The summed E-state index contributed by atoms with van der Waals surface area (Å²) >= 11 is 0. The first-order valence-corrected chi connectivity index (χ1v) is 5.35. The molecule has 0 bridgehead atoms. The second-order valence-corrected chi connectivity index (χ2v) is 4.62. The molecule has 0 saturated carbocycles. The number of aromatic nitrogens is 1. The van der Waals surface area contributed by atoms with E-state index in [4.69, 9.17) is 5.73 Å². The van der Waals surface area contributed by atoms with Crippen LogP contribution in [0.15, 0.2) is 18.3 Å². The Labute approximate surface area is 121 Å². The van der Waals surface area contributed by atoms with Crippen molar-refractivity contribution in [1.82, 2.24) is 10.3 Å². The average molecular weight is 294 g/mol. The van der Waals surface area contributed by atoms with Crippen molar-refractivity contribution in [3.05, 3.63) is 29.6 Å². The minimum absolute atomic E-state index is 0. The van der Waals surface area contributed by atoms with Gasteiger partial charge in [0.05, 0.1) is 6.42 Å². The number of aryl methyl sites for hydroxylation is 1. The summed E-state index contributed by atoms with van der Waals surface area (Å²) in [6, 6.07) is 3.81. The molecular formula is C12H21Cl2N3O. The van der Waals surface area contributed by atoms with Crippen molar-refractivity contribution in [2.75, 3.05) is 6.54 Å². The molecule has 0 fully saturated rings. The molecule has 18 heavy (non-hydrogen) atoms. The van der Waals surface area contributed by atoms with Gasteiger partial charge < -0.3 is 11.1 Å². The summed E-state index contributed by atoms with van der Waals surface area (Å²) in [5.74, 6) is -0.0268. The number of amides is 1. The van der Waals surface area contributed by atoms with Gasteiger partial charge in [0.15, 0.2) is 0 Å². The number of nitrogens with zero attached hydrogens (tertiary/aromatic N) is 1. The molecular weight excluding hydrogens is 273 g/mol. The quantitative estimate of drug-likeness (QED) is 0.887. The minimum atomic E-state index is -0.352. The lowest BCUT2D eigenvalue weighted by molar-refractivity contribution is -0.121. The van der Waals surface area contributed by atoms with Crippen molar-refractivity contribution >= 4 is 30.7 Å². The Morgan fingerprint density at radius 1 is 1.39 bits per heavy atom. The van der Waals surface area contributed by atoms with Crippen LogP contribution in [0.5, 0.6) is 0 Å². The highest BCUT2D eigenvalue weighted by atomic mass is 35.5. The van der Waals surface area contributed by atoms with E-state index in [1.807, 2.05) is 32.9 Å². The van der Waals surface area contributed by atoms with Crippen LogP contribution >= 0.6 is 24.8 Å². The first-order chi connectivity index (χ1) is 7.43. The summed E-state index contributed by atoms with van der Waals surface area (Å²) in [5.41, 5.74) is 7.05. The molecule has 0 unspecified atom stereocenters. The number of hydrogen-bond acceptors (Lipinski definition) is 3. The van der Waals surface area contributed by atoms with Crippen LogP contribution < -0.4 is 11.1 Å². The summed E-state index contributed by atoms with van der Waals surface area (Å²) in [6.45, 7) is 6.14. The molecule has 1 aromatic rings. The third-order valence-corrected chi connectivity index (χ3v) is 2.33. The first-order valence-electron chi connectivity index (χ1n) is 5.35. The predicted molar refractivity (Wildman–Crippen MR) is 78.5 cm³/mol. The maximum atomic E-state index is 11.7. The molecule has 104 valence electrons. The molecule has 0 spiro atoms. The number of rotatable bonds is 4. The second kappa shape index (κ2) is 8.29. The van der Waals surface area contributed by atoms with E-state index in [2.05, 4.69) is 10.3 Å². The third kappa shape index (κ3) is 6.79. The Hall–Kier alpha value is -0.840. The van der Waals surface area contributed by atoms with Crippen molar-refractivity contribution < 1.29 is 4.79 Å². The van der Waals surface area contributed by atoms with Gasteiger partial charge in [-0.2, -0.15) is 0 Å². The predicted octanol–water partition coefficient (Wildman–Crippen LogP) is 1.63. The first kappa shape index (κ1) is 19.5. The maximum absolute atomic E-state index is 11.7. The zero-order valence-electron chi connectivity index (χ0n) is 10.9. The second-order valence-electron chi connectivity index (χ2n) is 4.62. The molecule has 3 N–H and O–H groups in total. The minimum Gasteiger partial charge on any atom is -0.350 e. The molecule has 1 heterocycles. The lowest BCUT2D eigenvalue weighted by Crippen LogP contribution is -2.49. The maximum Gasteiger partial charge on any atom is 0.224 e. The number of halogens is 2. The van der Waals surface area contributed by atoms with E-state index in [1.165, 1.54) is 0 Å². The van der Waals surface area contributed by atoms with E-state index in [-0.39, 0.29) is 36.3 Å². The normalized spacial score (nSPS) is 10.0. The van der Waals surface area contributed by atoms with E-state index in [1.54, 1.807) is 6.20 Å². The Morgan fingerprint density at radius 2 is 2.00 bits per heavy atom. The fourth-order valence-corrected chi connectivity index (χ4v) is 1.26. The Bertz CT molecular complexity index is 366. The number of pyridine rings is 1. The average Bonchev–Trinajstić information content (AvgIpc) is 2.21. The third-order valence-electron chi connectivity index (χ3n) is 2.33. The molecule has 6 heteroatoms. The van der Waals surface area contributed by atoms with Crippen LogP contribution in [0.4, 0.5) is 0 Å². The van der Waals surface area contributed by atoms with Gasteiger partial charge in [-0.25, -0.2) is 0 Å². The van der Waals surface area contributed by atoms with Crippen LogP contribution in [0.25, 0.3) is 0 Å². The fourth-order valence-electron chi connectivity index (χ4n) is 1.26. The van der Waals surface area contributed by atoms with E-state index in [0.717, 1.165) is 11.3 Å². The zero-order valence-corrected chi connectivity index (χ0v) is 12.5. The van der Waals surface area contributed by atoms with Crippen LogP contribution in [0.3, 0.4) is 0 Å². The van der Waals surface area contributed by atoms with Crippen molar-refractivity contribution in [1.29, 1.82) is 0 Å². The molecule has 0 aliphatic carbocycles. The van der Waals surface area contributed by atoms with E-state index < -0.39 is 0 Å². The summed E-state index contributed by atoms with van der Waals surface area (Å²) in [4.78, 5) is 15.8. The summed E-state index contributed by atoms with van der Waals surface area (Å²) in [6.07, 6.45) is 2.07. The van der Waals surface area contributed by atoms with Crippen LogP contribution in [0, 0.1) is 6.92 Å². The molecule has 0 atom stereocenters. The van der Waals surface area contributed by atoms with Gasteiger partial charge in [0.2, 0.25) is 5.91 Å². The van der Waals surface area contributed by atoms with Gasteiger partial charge >= 0.3 is 0 Å². The standard InChI is InChI=1S/C12H19N3O.2ClH/c1-9-4-5-10(7-14-9)6-11(16)15-12(2,3)8-13;;/h4-5,7H,6,8,13H2,1-3H3,(H,15,16);2*1H. The Morgan fingerprint density at radius 3 is 2.44 bits per heavy atom. The molecule has 0 aromatic carbocycles. The van der Waals surface area contributed by atoms with Gasteiger partial charge in [-0.3, -0.25) is 9.78 Å². The summed E-state index contributed by atoms with van der Waals surface area (Å²) < 4.78 is 0. The molecule has 0 saturated heterocycles. The van der Waals surface area contributed by atoms with Crippen molar-refractivity contribution in [2.45, 2.75) is 32.7 Å². The molecule has 1 rings (SSSR count). The van der Waals surface area contributed by atoms with E-state index in [0.29, 0.717) is 13.0 Å². The molecule has 0 aliphatic heterocycles. The number of nitrogens with one attached hydrogen (secondary N) is 1. The lowest BCUT2D eigenvalue weighted by Gasteiger charge is -2.24. The van der Waals surface area contributed by atoms with Crippen LogP contribution in [0.1, 0.15) is 25.1 Å². The Balaban J connectivity index is 0. The summed E-state index contributed by atoms with van der Waals surface area (Å²) in [5, 5.41) is 2.88. The number of nitrogens with two attached hydrogens (primary N) is 1. The molecule has 1 aromatic heterocycles. The van der Waals surface area contributed by atoms with Gasteiger partial charge in [0.1, 0.15) is 0 Å². The zero-order chi connectivity index (χ0) is 12.2.